The monoisotopic (exact) mass is 257 g/mol. The Bertz CT molecular complexity index is 321. The molecule has 5 nitrogen and oxygen atoms in total. The number of rotatable bonds is 3. The van der Waals surface area contributed by atoms with Gasteiger partial charge in [-0.05, 0) is 31.0 Å². The number of halogens is 1. The first-order valence-corrected chi connectivity index (χ1v) is 7.05. The molecule has 15 heavy (non-hydrogen) atoms. The van der Waals surface area contributed by atoms with Crippen LogP contribution >= 0.6 is 11.8 Å². The minimum Gasteiger partial charge on any atom is -0.390 e. The summed E-state index contributed by atoms with van der Waals surface area (Å²) in [6.45, 7) is 0.0478. The van der Waals surface area contributed by atoms with E-state index in [0.717, 1.165) is 6.26 Å². The minimum atomic E-state index is -3.15. The van der Waals surface area contributed by atoms with E-state index < -0.39 is 26.8 Å². The summed E-state index contributed by atoms with van der Waals surface area (Å²) >= 11 is 5.28. The van der Waals surface area contributed by atoms with Crippen molar-refractivity contribution in [3.63, 3.8) is 0 Å². The van der Waals surface area contributed by atoms with Crippen molar-refractivity contribution < 1.29 is 18.6 Å². The lowest BCUT2D eigenvalue weighted by molar-refractivity contribution is -0.0935. The molecule has 90 valence electrons. The molecule has 1 fully saturated rings. The standard InChI is InChI=1S/C8H16ClNO4S/c1-15(13,14)6-2-3-8(12,5-10-9)7(11)4-6/h6-7,10-12H,2-5H2,1H3/t6?,7?,8-/m0/s1. The molecule has 0 aromatic rings. The molecule has 0 saturated heterocycles. The fourth-order valence-corrected chi connectivity index (χ4v) is 3.18. The van der Waals surface area contributed by atoms with Gasteiger partial charge in [0, 0.05) is 12.8 Å². The van der Waals surface area contributed by atoms with Gasteiger partial charge in [-0.25, -0.2) is 13.3 Å². The van der Waals surface area contributed by atoms with Gasteiger partial charge in [-0.3, -0.25) is 0 Å². The molecule has 0 amide bonds. The number of aliphatic hydroxyl groups is 2. The van der Waals surface area contributed by atoms with Gasteiger partial charge in [0.15, 0.2) is 0 Å². The first kappa shape index (κ1) is 13.2. The molecule has 1 aliphatic rings. The van der Waals surface area contributed by atoms with Crippen molar-refractivity contribution in [2.45, 2.75) is 36.2 Å². The Hall–Kier alpha value is 0.120. The summed E-state index contributed by atoms with van der Waals surface area (Å²) < 4.78 is 22.5. The Morgan fingerprint density at radius 3 is 2.60 bits per heavy atom. The summed E-state index contributed by atoms with van der Waals surface area (Å²) in [6, 6.07) is 0. The predicted molar refractivity (Wildman–Crippen MR) is 57.3 cm³/mol. The molecule has 1 aliphatic carbocycles. The number of sulfone groups is 1. The van der Waals surface area contributed by atoms with E-state index in [1.165, 1.54) is 0 Å². The van der Waals surface area contributed by atoms with E-state index >= 15 is 0 Å². The van der Waals surface area contributed by atoms with Crippen LogP contribution in [-0.2, 0) is 9.84 Å². The Morgan fingerprint density at radius 2 is 2.20 bits per heavy atom. The van der Waals surface area contributed by atoms with Crippen molar-refractivity contribution in [3.8, 4) is 0 Å². The van der Waals surface area contributed by atoms with Crippen LogP contribution in [-0.4, -0.2) is 48.4 Å². The van der Waals surface area contributed by atoms with Gasteiger partial charge in [0.25, 0.3) is 0 Å². The van der Waals surface area contributed by atoms with Crippen LogP contribution in [0.2, 0.25) is 0 Å². The number of hydrogen-bond acceptors (Lipinski definition) is 5. The lowest BCUT2D eigenvalue weighted by Crippen LogP contribution is -2.54. The van der Waals surface area contributed by atoms with E-state index in [9.17, 15) is 18.6 Å². The van der Waals surface area contributed by atoms with Gasteiger partial charge < -0.3 is 10.2 Å². The van der Waals surface area contributed by atoms with Gasteiger partial charge >= 0.3 is 0 Å². The lowest BCUT2D eigenvalue weighted by atomic mass is 9.82. The molecule has 0 bridgehead atoms. The molecule has 0 aliphatic heterocycles. The maximum atomic E-state index is 11.3. The third-order valence-corrected chi connectivity index (χ3v) is 4.76. The van der Waals surface area contributed by atoms with Crippen LogP contribution < -0.4 is 4.84 Å². The first-order valence-electron chi connectivity index (χ1n) is 4.72. The van der Waals surface area contributed by atoms with Crippen LogP contribution in [0, 0.1) is 0 Å². The SMILES string of the molecule is CS(=O)(=O)C1CC[C@](O)(CNCl)C(O)C1. The van der Waals surface area contributed by atoms with Gasteiger partial charge in [-0.15, -0.1) is 0 Å². The second-order valence-electron chi connectivity index (χ2n) is 4.16. The molecule has 1 saturated carbocycles. The third kappa shape index (κ3) is 3.04. The summed E-state index contributed by atoms with van der Waals surface area (Å²) in [4.78, 5) is 2.27. The largest absolute Gasteiger partial charge is 0.390 e. The molecule has 3 N–H and O–H groups in total. The molecular weight excluding hydrogens is 242 g/mol. The van der Waals surface area contributed by atoms with Gasteiger partial charge in [0.1, 0.15) is 15.4 Å². The molecule has 0 aromatic carbocycles. The molecule has 0 heterocycles. The molecule has 1 rings (SSSR count). The number of nitrogens with one attached hydrogen (secondary N) is 1. The molecule has 3 atom stereocenters. The van der Waals surface area contributed by atoms with Crippen molar-refractivity contribution in [2.75, 3.05) is 12.8 Å². The maximum Gasteiger partial charge on any atom is 0.150 e. The topological polar surface area (TPSA) is 86.6 Å². The number of hydrogen-bond donors (Lipinski definition) is 3. The second-order valence-corrected chi connectivity index (χ2v) is 6.75. The average molecular weight is 258 g/mol. The second kappa shape index (κ2) is 4.55. The Labute approximate surface area is 94.5 Å². The molecular formula is C8H16ClNO4S. The van der Waals surface area contributed by atoms with Crippen LogP contribution in [0.1, 0.15) is 19.3 Å². The summed E-state index contributed by atoms with van der Waals surface area (Å²) in [5.74, 6) is 0. The van der Waals surface area contributed by atoms with E-state index in [1.807, 2.05) is 0 Å². The van der Waals surface area contributed by atoms with E-state index in [2.05, 4.69) is 4.84 Å². The highest BCUT2D eigenvalue weighted by molar-refractivity contribution is 7.91. The fourth-order valence-electron chi connectivity index (χ4n) is 1.87. The third-order valence-electron chi connectivity index (χ3n) is 2.98. The zero-order chi connectivity index (χ0) is 11.7. The maximum absolute atomic E-state index is 11.3. The average Bonchev–Trinajstić information content (AvgIpc) is 2.08. The summed E-state index contributed by atoms with van der Waals surface area (Å²) in [5, 5.41) is 19.0. The zero-order valence-corrected chi connectivity index (χ0v) is 10.1. The molecule has 0 aromatic heterocycles. The predicted octanol–water partition coefficient (Wildman–Crippen LogP) is -0.581. The van der Waals surface area contributed by atoms with E-state index in [-0.39, 0.29) is 19.4 Å². The Balaban J connectivity index is 2.71. The zero-order valence-electron chi connectivity index (χ0n) is 8.48. The van der Waals surface area contributed by atoms with Crippen molar-refractivity contribution in [3.05, 3.63) is 0 Å². The smallest absolute Gasteiger partial charge is 0.150 e. The van der Waals surface area contributed by atoms with Crippen LogP contribution in [0.4, 0.5) is 0 Å². The van der Waals surface area contributed by atoms with Crippen LogP contribution in [0.15, 0.2) is 0 Å². The van der Waals surface area contributed by atoms with E-state index in [1.54, 1.807) is 0 Å². The van der Waals surface area contributed by atoms with E-state index in [4.69, 9.17) is 11.8 Å². The Kier molecular flexibility index (Phi) is 4.00. The normalized spacial score (nSPS) is 37.9. The molecule has 0 spiro atoms. The van der Waals surface area contributed by atoms with Crippen LogP contribution in [0.25, 0.3) is 0 Å². The highest BCUT2D eigenvalue weighted by Gasteiger charge is 2.43. The van der Waals surface area contributed by atoms with Gasteiger partial charge in [-0.2, -0.15) is 0 Å². The lowest BCUT2D eigenvalue weighted by Gasteiger charge is -2.39. The van der Waals surface area contributed by atoms with Gasteiger partial charge in [-0.1, -0.05) is 0 Å². The summed E-state index contributed by atoms with van der Waals surface area (Å²) in [7, 11) is -3.15. The van der Waals surface area contributed by atoms with Gasteiger partial charge in [0.05, 0.1) is 11.4 Å². The quantitative estimate of drug-likeness (QED) is 0.589. The van der Waals surface area contributed by atoms with Crippen LogP contribution in [0.5, 0.6) is 0 Å². The van der Waals surface area contributed by atoms with Crippen molar-refractivity contribution in [2.24, 2.45) is 0 Å². The van der Waals surface area contributed by atoms with Gasteiger partial charge in [0.2, 0.25) is 0 Å². The minimum absolute atomic E-state index is 0.0478. The van der Waals surface area contributed by atoms with Crippen molar-refractivity contribution in [1.29, 1.82) is 0 Å². The highest BCUT2D eigenvalue weighted by atomic mass is 35.5. The van der Waals surface area contributed by atoms with Crippen molar-refractivity contribution >= 4 is 21.6 Å². The summed E-state index contributed by atoms with van der Waals surface area (Å²) in [6.07, 6.45) is 0.733. The fraction of sp³-hybridized carbons (Fsp3) is 1.00. The summed E-state index contributed by atoms with van der Waals surface area (Å²) in [5.41, 5.74) is -1.32. The van der Waals surface area contributed by atoms with Crippen LogP contribution in [0.3, 0.4) is 0 Å². The van der Waals surface area contributed by atoms with E-state index in [0.29, 0.717) is 6.42 Å². The number of aliphatic hydroxyl groups excluding tert-OH is 1. The molecule has 2 unspecified atom stereocenters. The highest BCUT2D eigenvalue weighted by Crippen LogP contribution is 2.31. The molecule has 0 radical (unpaired) electrons. The Morgan fingerprint density at radius 1 is 1.60 bits per heavy atom. The first-order chi connectivity index (χ1) is 6.79. The molecule has 7 heteroatoms. The van der Waals surface area contributed by atoms with Crippen molar-refractivity contribution in [1.82, 2.24) is 4.84 Å².